The second kappa shape index (κ2) is 9.03. The highest BCUT2D eigenvalue weighted by Crippen LogP contribution is 2.14. The fraction of sp³-hybridized carbons (Fsp3) is 0.273. The molecule has 0 unspecified atom stereocenters. The van der Waals surface area contributed by atoms with E-state index in [2.05, 4.69) is 17.2 Å². The highest BCUT2D eigenvalue weighted by Gasteiger charge is 2.11. The maximum absolute atomic E-state index is 12.4. The molecule has 0 N–H and O–H groups in total. The summed E-state index contributed by atoms with van der Waals surface area (Å²) in [5.41, 5.74) is 3.34. The summed E-state index contributed by atoms with van der Waals surface area (Å²) in [7, 11) is 3.48. The second-order valence-electron chi connectivity index (χ2n) is 6.63. The van der Waals surface area contributed by atoms with Crippen LogP contribution in [0, 0.1) is 0 Å². The van der Waals surface area contributed by atoms with Crippen LogP contribution < -0.4 is 4.74 Å². The van der Waals surface area contributed by atoms with Gasteiger partial charge in [-0.2, -0.15) is 5.10 Å². The Hall–Kier alpha value is -3.08. The summed E-state index contributed by atoms with van der Waals surface area (Å²) in [6.45, 7) is 1.29. The first-order chi connectivity index (χ1) is 13.1. The first-order valence-corrected chi connectivity index (χ1v) is 9.06. The number of methoxy groups -OCH3 is 1. The number of carbonyl (C=O) groups excluding carboxylic acids is 1. The molecule has 5 heteroatoms. The second-order valence-corrected chi connectivity index (χ2v) is 6.63. The molecule has 0 spiro atoms. The van der Waals surface area contributed by atoms with Crippen LogP contribution in [0.4, 0.5) is 0 Å². The predicted molar refractivity (Wildman–Crippen MR) is 106 cm³/mol. The number of nitrogens with zero attached hydrogens (tertiary/aromatic N) is 3. The van der Waals surface area contributed by atoms with Gasteiger partial charge in [0.25, 0.3) is 0 Å². The van der Waals surface area contributed by atoms with E-state index in [1.165, 1.54) is 5.56 Å². The summed E-state index contributed by atoms with van der Waals surface area (Å²) in [6, 6.07) is 18.1. The van der Waals surface area contributed by atoms with Gasteiger partial charge in [-0.1, -0.05) is 42.5 Å². The van der Waals surface area contributed by atoms with Crippen LogP contribution in [0.2, 0.25) is 0 Å². The first-order valence-electron chi connectivity index (χ1n) is 9.06. The van der Waals surface area contributed by atoms with E-state index >= 15 is 0 Å². The third kappa shape index (κ3) is 5.45. The molecule has 0 aliphatic heterocycles. The van der Waals surface area contributed by atoms with E-state index in [1.54, 1.807) is 12.0 Å². The first kappa shape index (κ1) is 18.7. The van der Waals surface area contributed by atoms with Gasteiger partial charge in [0.2, 0.25) is 5.91 Å². The Morgan fingerprint density at radius 2 is 1.85 bits per heavy atom. The lowest BCUT2D eigenvalue weighted by atomic mass is 10.1. The summed E-state index contributed by atoms with van der Waals surface area (Å²) in [6.07, 6.45) is 5.00. The van der Waals surface area contributed by atoms with Crippen LogP contribution in [0.3, 0.4) is 0 Å². The number of rotatable bonds is 8. The molecule has 0 saturated carbocycles. The maximum atomic E-state index is 12.4. The van der Waals surface area contributed by atoms with Gasteiger partial charge in [-0.05, 0) is 29.7 Å². The number of carbonyl (C=O) groups is 1. The van der Waals surface area contributed by atoms with E-state index in [-0.39, 0.29) is 5.91 Å². The topological polar surface area (TPSA) is 47.4 Å². The monoisotopic (exact) mass is 363 g/mol. The Balaban J connectivity index is 1.50. The highest BCUT2D eigenvalue weighted by molar-refractivity contribution is 5.76. The Morgan fingerprint density at radius 3 is 2.63 bits per heavy atom. The van der Waals surface area contributed by atoms with E-state index in [0.717, 1.165) is 23.4 Å². The normalized spacial score (nSPS) is 10.6. The summed E-state index contributed by atoms with van der Waals surface area (Å²) < 4.78 is 7.13. The van der Waals surface area contributed by atoms with E-state index in [4.69, 9.17) is 4.74 Å². The Morgan fingerprint density at radius 1 is 1.07 bits per heavy atom. The smallest absolute Gasteiger partial charge is 0.222 e. The third-order valence-electron chi connectivity index (χ3n) is 4.48. The van der Waals surface area contributed by atoms with Crippen LogP contribution in [0.15, 0.2) is 67.0 Å². The summed E-state index contributed by atoms with van der Waals surface area (Å²) in [5.74, 6) is 0.938. The fourth-order valence-electron chi connectivity index (χ4n) is 2.98. The molecule has 2 aromatic carbocycles. The standard InChI is InChI=1S/C22H25N3O2/c1-24(22(26)12-11-18-9-6-10-21(13-18)27-2)15-20-14-23-25(17-20)16-19-7-4-3-5-8-19/h3-10,13-14,17H,11-12,15-16H2,1-2H3. The number of ether oxygens (including phenoxy) is 1. The van der Waals surface area contributed by atoms with E-state index in [0.29, 0.717) is 19.4 Å². The molecular weight excluding hydrogens is 338 g/mol. The summed E-state index contributed by atoms with van der Waals surface area (Å²) >= 11 is 0. The molecule has 0 atom stereocenters. The van der Waals surface area contributed by atoms with E-state index in [1.807, 2.05) is 66.6 Å². The van der Waals surface area contributed by atoms with Crippen molar-refractivity contribution in [1.29, 1.82) is 0 Å². The van der Waals surface area contributed by atoms with E-state index < -0.39 is 0 Å². The molecule has 140 valence electrons. The van der Waals surface area contributed by atoms with Crippen LogP contribution in [0.1, 0.15) is 23.1 Å². The molecule has 1 amide bonds. The number of hydrogen-bond acceptors (Lipinski definition) is 3. The predicted octanol–water partition coefficient (Wildman–Crippen LogP) is 3.53. The van der Waals surface area contributed by atoms with Crippen LogP contribution in [0.25, 0.3) is 0 Å². The Kier molecular flexibility index (Phi) is 6.26. The van der Waals surface area contributed by atoms with Crippen molar-refractivity contribution >= 4 is 5.91 Å². The molecule has 5 nitrogen and oxygen atoms in total. The van der Waals surface area contributed by atoms with Gasteiger partial charge in [-0.3, -0.25) is 9.48 Å². The molecule has 3 aromatic rings. The third-order valence-corrected chi connectivity index (χ3v) is 4.48. The minimum Gasteiger partial charge on any atom is -0.497 e. The number of aromatic nitrogens is 2. The lowest BCUT2D eigenvalue weighted by Crippen LogP contribution is -2.26. The molecular formula is C22H25N3O2. The fourth-order valence-corrected chi connectivity index (χ4v) is 2.98. The van der Waals surface area contributed by atoms with Crippen molar-refractivity contribution in [3.8, 4) is 5.75 Å². The molecule has 1 aromatic heterocycles. The van der Waals surface area contributed by atoms with E-state index in [9.17, 15) is 4.79 Å². The van der Waals surface area contributed by atoms with Crippen molar-refractivity contribution in [3.63, 3.8) is 0 Å². The zero-order chi connectivity index (χ0) is 19.1. The molecule has 0 bridgehead atoms. The quantitative estimate of drug-likeness (QED) is 0.615. The zero-order valence-corrected chi connectivity index (χ0v) is 15.8. The number of amides is 1. The van der Waals surface area contributed by atoms with Crippen LogP contribution in [-0.4, -0.2) is 34.7 Å². The average molecular weight is 363 g/mol. The van der Waals surface area contributed by atoms with Gasteiger partial charge in [-0.25, -0.2) is 0 Å². The lowest BCUT2D eigenvalue weighted by Gasteiger charge is -2.16. The summed E-state index contributed by atoms with van der Waals surface area (Å²) in [5, 5.41) is 4.40. The number of aryl methyl sites for hydroxylation is 1. The van der Waals surface area contributed by atoms with Crippen molar-refractivity contribution in [3.05, 3.63) is 83.7 Å². The summed E-state index contributed by atoms with van der Waals surface area (Å²) in [4.78, 5) is 14.2. The van der Waals surface area contributed by atoms with Crippen molar-refractivity contribution < 1.29 is 9.53 Å². The maximum Gasteiger partial charge on any atom is 0.222 e. The van der Waals surface area contributed by atoms with Gasteiger partial charge in [0.05, 0.1) is 19.9 Å². The lowest BCUT2D eigenvalue weighted by molar-refractivity contribution is -0.130. The largest absolute Gasteiger partial charge is 0.497 e. The Bertz CT molecular complexity index is 874. The minimum absolute atomic E-state index is 0.119. The van der Waals surface area contributed by atoms with Crippen molar-refractivity contribution in [2.75, 3.05) is 14.2 Å². The minimum atomic E-state index is 0.119. The molecule has 27 heavy (non-hydrogen) atoms. The van der Waals surface area contributed by atoms with Crippen LogP contribution >= 0.6 is 0 Å². The van der Waals surface area contributed by atoms with Crippen molar-refractivity contribution in [2.45, 2.75) is 25.9 Å². The molecule has 3 rings (SSSR count). The number of hydrogen-bond donors (Lipinski definition) is 0. The number of benzene rings is 2. The van der Waals surface area contributed by atoms with Gasteiger partial charge in [0.1, 0.15) is 5.75 Å². The van der Waals surface area contributed by atoms with Crippen molar-refractivity contribution in [1.82, 2.24) is 14.7 Å². The molecule has 0 aliphatic rings. The Labute approximate surface area is 160 Å². The SMILES string of the molecule is COc1cccc(CCC(=O)N(C)Cc2cnn(Cc3ccccc3)c2)c1. The molecule has 1 heterocycles. The molecule has 0 aliphatic carbocycles. The van der Waals surface area contributed by atoms with Gasteiger partial charge >= 0.3 is 0 Å². The average Bonchev–Trinajstić information content (AvgIpc) is 3.13. The zero-order valence-electron chi connectivity index (χ0n) is 15.8. The van der Waals surface area contributed by atoms with Gasteiger partial charge in [0.15, 0.2) is 0 Å². The van der Waals surface area contributed by atoms with Gasteiger partial charge in [0, 0.05) is 31.8 Å². The van der Waals surface area contributed by atoms with Gasteiger partial charge < -0.3 is 9.64 Å². The molecule has 0 saturated heterocycles. The van der Waals surface area contributed by atoms with Crippen LogP contribution in [-0.2, 0) is 24.3 Å². The van der Waals surface area contributed by atoms with Crippen molar-refractivity contribution in [2.24, 2.45) is 0 Å². The molecule has 0 radical (unpaired) electrons. The molecule has 0 fully saturated rings. The van der Waals surface area contributed by atoms with Crippen LogP contribution in [0.5, 0.6) is 5.75 Å². The van der Waals surface area contributed by atoms with Gasteiger partial charge in [-0.15, -0.1) is 0 Å². The highest BCUT2D eigenvalue weighted by atomic mass is 16.5.